The quantitative estimate of drug-likeness (QED) is 0.486. The summed E-state index contributed by atoms with van der Waals surface area (Å²) in [5, 5.41) is 10.2. The largest absolute Gasteiger partial charge is 0.450 e. The Labute approximate surface area is 203 Å². The average Bonchev–Trinajstić information content (AvgIpc) is 3.04. The Hall–Kier alpha value is -4.35. The lowest BCUT2D eigenvalue weighted by Crippen LogP contribution is -2.33. The summed E-state index contributed by atoms with van der Waals surface area (Å²) in [5.74, 6) is 1.44. The van der Waals surface area contributed by atoms with Gasteiger partial charge in [0.1, 0.15) is 5.82 Å². The Kier molecular flexibility index (Phi) is 7.29. The highest BCUT2D eigenvalue weighted by molar-refractivity contribution is 5.84. The second kappa shape index (κ2) is 10.7. The van der Waals surface area contributed by atoms with Crippen LogP contribution in [0, 0.1) is 0 Å². The predicted octanol–water partition coefficient (Wildman–Crippen LogP) is 2.62. The third kappa shape index (κ3) is 5.96. The minimum Gasteiger partial charge on any atom is -0.450 e. The second-order valence-electron chi connectivity index (χ2n) is 7.97. The number of nitrogen functional groups attached to an aromatic ring is 1. The fourth-order valence-corrected chi connectivity index (χ4v) is 3.79. The first-order valence-corrected chi connectivity index (χ1v) is 11.4. The zero-order valence-electron chi connectivity index (χ0n) is 19.8. The van der Waals surface area contributed by atoms with E-state index in [2.05, 4.69) is 30.6 Å². The van der Waals surface area contributed by atoms with Crippen molar-refractivity contribution in [3.63, 3.8) is 0 Å². The molecule has 3 aromatic rings. The molecule has 35 heavy (non-hydrogen) atoms. The van der Waals surface area contributed by atoms with Crippen LogP contribution in [-0.4, -0.2) is 69.4 Å². The number of nitrogens with one attached hydrogen (secondary N) is 2. The fourth-order valence-electron chi connectivity index (χ4n) is 3.79. The second-order valence-corrected chi connectivity index (χ2v) is 7.97. The van der Waals surface area contributed by atoms with Crippen molar-refractivity contribution < 1.29 is 14.3 Å². The number of pyridine rings is 1. The van der Waals surface area contributed by atoms with Gasteiger partial charge >= 0.3 is 6.09 Å². The van der Waals surface area contributed by atoms with E-state index in [-0.39, 0.29) is 11.9 Å². The van der Waals surface area contributed by atoms with E-state index in [9.17, 15) is 9.59 Å². The van der Waals surface area contributed by atoms with Crippen molar-refractivity contribution in [2.24, 2.45) is 0 Å². The highest BCUT2D eigenvalue weighted by atomic mass is 16.5. The van der Waals surface area contributed by atoms with Gasteiger partial charge < -0.3 is 25.6 Å². The molecule has 3 heterocycles. The van der Waals surface area contributed by atoms with Crippen molar-refractivity contribution in [3.05, 3.63) is 42.6 Å². The summed E-state index contributed by atoms with van der Waals surface area (Å²) in [7, 11) is 0. The minimum atomic E-state index is -0.505. The number of anilines is 5. The van der Waals surface area contributed by atoms with Crippen LogP contribution in [0.2, 0.25) is 0 Å². The smallest absolute Gasteiger partial charge is 0.411 e. The summed E-state index contributed by atoms with van der Waals surface area (Å²) in [6.45, 7) is 6.57. The van der Waals surface area contributed by atoms with Crippen LogP contribution in [0.25, 0.3) is 5.69 Å². The molecular formula is C23H29N9O3. The number of ether oxygens (including phenoxy) is 1. The van der Waals surface area contributed by atoms with Crippen LogP contribution in [0.1, 0.15) is 20.3 Å². The van der Waals surface area contributed by atoms with Crippen LogP contribution in [0.3, 0.4) is 0 Å². The molecule has 0 radical (unpaired) electrons. The van der Waals surface area contributed by atoms with Crippen molar-refractivity contribution in [3.8, 4) is 5.69 Å². The molecule has 184 valence electrons. The Morgan fingerprint density at radius 2 is 1.86 bits per heavy atom. The van der Waals surface area contributed by atoms with Crippen molar-refractivity contribution in [2.75, 3.05) is 54.1 Å². The molecule has 0 bridgehead atoms. The maximum atomic E-state index is 11.7. The molecule has 0 saturated carbocycles. The molecule has 4 rings (SSSR count). The third-order valence-corrected chi connectivity index (χ3v) is 5.53. The van der Waals surface area contributed by atoms with Crippen molar-refractivity contribution >= 4 is 41.1 Å². The molecule has 0 spiro atoms. The van der Waals surface area contributed by atoms with Gasteiger partial charge in [0.05, 0.1) is 12.3 Å². The number of rotatable bonds is 6. The molecule has 1 fully saturated rings. The molecular weight excluding hydrogens is 450 g/mol. The Morgan fingerprint density at radius 1 is 1.09 bits per heavy atom. The van der Waals surface area contributed by atoms with Crippen LogP contribution < -0.4 is 21.3 Å². The predicted molar refractivity (Wildman–Crippen MR) is 133 cm³/mol. The van der Waals surface area contributed by atoms with Gasteiger partial charge in [0, 0.05) is 56.7 Å². The van der Waals surface area contributed by atoms with Crippen LogP contribution in [0.4, 0.5) is 33.9 Å². The first-order valence-electron chi connectivity index (χ1n) is 11.4. The van der Waals surface area contributed by atoms with Gasteiger partial charge in [0.15, 0.2) is 0 Å². The molecule has 2 amide bonds. The molecule has 0 aliphatic carbocycles. The van der Waals surface area contributed by atoms with Gasteiger partial charge in [-0.3, -0.25) is 10.1 Å². The average molecular weight is 480 g/mol. The summed E-state index contributed by atoms with van der Waals surface area (Å²) in [6.07, 6.45) is 2.08. The lowest BCUT2D eigenvalue weighted by molar-refractivity contribution is -0.128. The topological polar surface area (TPSA) is 144 Å². The Bertz CT molecular complexity index is 1180. The molecule has 12 heteroatoms. The van der Waals surface area contributed by atoms with Crippen molar-refractivity contribution in [2.45, 2.75) is 20.3 Å². The number of carbonyl (C=O) groups excluding carboxylic acids is 2. The highest BCUT2D eigenvalue weighted by Gasteiger charge is 2.18. The molecule has 1 saturated heterocycles. The van der Waals surface area contributed by atoms with Gasteiger partial charge in [-0.15, -0.1) is 5.10 Å². The fraction of sp³-hybridized carbons (Fsp3) is 0.348. The van der Waals surface area contributed by atoms with Gasteiger partial charge in [-0.1, -0.05) is 0 Å². The summed E-state index contributed by atoms with van der Waals surface area (Å²) in [6, 6.07) is 10.8. The summed E-state index contributed by atoms with van der Waals surface area (Å²) >= 11 is 0. The van der Waals surface area contributed by atoms with Crippen LogP contribution in [0.15, 0.2) is 42.6 Å². The lowest BCUT2D eigenvalue weighted by atomic mass is 10.3. The number of carbonyl (C=O) groups is 2. The number of aromatic nitrogens is 4. The minimum absolute atomic E-state index is 0.0916. The molecule has 1 aromatic carbocycles. The van der Waals surface area contributed by atoms with E-state index >= 15 is 0 Å². The number of nitrogens with two attached hydrogens (primary N) is 1. The maximum Gasteiger partial charge on any atom is 0.411 e. The number of hydrogen-bond acceptors (Lipinski definition) is 9. The molecule has 1 aliphatic heterocycles. The van der Waals surface area contributed by atoms with Crippen LogP contribution >= 0.6 is 0 Å². The number of nitrogens with zero attached hydrogens (tertiary/aromatic N) is 6. The van der Waals surface area contributed by atoms with Crippen LogP contribution in [-0.2, 0) is 9.53 Å². The Morgan fingerprint density at radius 3 is 2.60 bits per heavy atom. The van der Waals surface area contributed by atoms with Crippen molar-refractivity contribution in [1.29, 1.82) is 0 Å². The van der Waals surface area contributed by atoms with E-state index in [1.165, 1.54) is 0 Å². The van der Waals surface area contributed by atoms with Gasteiger partial charge in [-0.25, -0.2) is 9.78 Å². The van der Waals surface area contributed by atoms with E-state index in [0.29, 0.717) is 31.3 Å². The molecule has 0 atom stereocenters. The highest BCUT2D eigenvalue weighted by Crippen LogP contribution is 2.22. The SMILES string of the molecule is CCOC(=O)Nc1ccc(Nc2nc(N)n(-c3ccnc(N4CCCN(C(C)=O)CC4)c3)n2)cc1. The van der Waals surface area contributed by atoms with E-state index in [4.69, 9.17) is 10.5 Å². The molecule has 2 aromatic heterocycles. The van der Waals surface area contributed by atoms with Gasteiger partial charge in [-0.05, 0) is 43.7 Å². The number of hydrogen-bond donors (Lipinski definition) is 3. The molecule has 12 nitrogen and oxygen atoms in total. The normalized spacial score (nSPS) is 13.8. The van der Waals surface area contributed by atoms with E-state index in [1.807, 2.05) is 17.0 Å². The first kappa shape index (κ1) is 23.8. The third-order valence-electron chi connectivity index (χ3n) is 5.53. The van der Waals surface area contributed by atoms with E-state index in [1.54, 1.807) is 49.0 Å². The first-order chi connectivity index (χ1) is 16.9. The van der Waals surface area contributed by atoms with Crippen LogP contribution in [0.5, 0.6) is 0 Å². The lowest BCUT2D eigenvalue weighted by Gasteiger charge is -2.22. The van der Waals surface area contributed by atoms with E-state index in [0.717, 1.165) is 36.7 Å². The van der Waals surface area contributed by atoms with E-state index < -0.39 is 6.09 Å². The zero-order chi connectivity index (χ0) is 24.8. The van der Waals surface area contributed by atoms with Crippen molar-refractivity contribution in [1.82, 2.24) is 24.6 Å². The summed E-state index contributed by atoms with van der Waals surface area (Å²) < 4.78 is 6.42. The number of amides is 2. The zero-order valence-corrected chi connectivity index (χ0v) is 19.8. The monoisotopic (exact) mass is 479 g/mol. The molecule has 4 N–H and O–H groups in total. The van der Waals surface area contributed by atoms with Gasteiger partial charge in [0.25, 0.3) is 0 Å². The maximum absolute atomic E-state index is 11.7. The Balaban J connectivity index is 1.45. The number of benzene rings is 1. The summed E-state index contributed by atoms with van der Waals surface area (Å²) in [4.78, 5) is 36.1. The van der Waals surface area contributed by atoms with Gasteiger partial charge in [0.2, 0.25) is 17.8 Å². The standard InChI is InChI=1S/C23H29N9O3/c1-3-35-23(34)27-18-7-5-17(6-8-18)26-22-28-21(24)32(29-22)19-9-10-25-20(15-19)31-12-4-11-30(13-14-31)16(2)33/h5-10,15H,3-4,11-14H2,1-2H3,(H,27,34)(H3,24,26,28,29). The van der Waals surface area contributed by atoms with Gasteiger partial charge in [-0.2, -0.15) is 9.67 Å². The molecule has 1 aliphatic rings. The summed E-state index contributed by atoms with van der Waals surface area (Å²) in [5.41, 5.74) is 8.22. The molecule has 0 unspecified atom stereocenters.